The molecule has 1 atom stereocenters. The number of cyclic esters (lactones) is 1. The molecule has 1 amide bonds. The number of amides is 1. The maximum absolute atomic E-state index is 11.6. The topological polar surface area (TPSA) is 49.8 Å². The average molecular weight is 221 g/mol. The standard InChI is InChI=1S/C12H15NO3/c14-7-6-10-8-13(12(15)16-9-10)11-4-2-1-3-5-11/h1-5,10,14H,6-9H2. The van der Waals surface area contributed by atoms with E-state index in [0.717, 1.165) is 5.69 Å². The lowest BCUT2D eigenvalue weighted by Crippen LogP contribution is -2.43. The fourth-order valence-electron chi connectivity index (χ4n) is 1.83. The molecule has 16 heavy (non-hydrogen) atoms. The zero-order valence-electron chi connectivity index (χ0n) is 9.00. The van der Waals surface area contributed by atoms with Gasteiger partial charge in [-0.15, -0.1) is 0 Å². The smallest absolute Gasteiger partial charge is 0.414 e. The summed E-state index contributed by atoms with van der Waals surface area (Å²) in [5, 5.41) is 8.88. The van der Waals surface area contributed by atoms with Gasteiger partial charge in [0.05, 0.1) is 6.61 Å². The summed E-state index contributed by atoms with van der Waals surface area (Å²) in [6.07, 6.45) is 0.358. The Morgan fingerprint density at radius 2 is 2.12 bits per heavy atom. The summed E-state index contributed by atoms with van der Waals surface area (Å²) >= 11 is 0. The number of ether oxygens (including phenoxy) is 1. The van der Waals surface area contributed by atoms with Crippen LogP contribution in [-0.4, -0.2) is 31.0 Å². The van der Waals surface area contributed by atoms with E-state index in [2.05, 4.69) is 0 Å². The van der Waals surface area contributed by atoms with E-state index in [9.17, 15) is 4.79 Å². The molecule has 0 spiro atoms. The predicted molar refractivity (Wildman–Crippen MR) is 60.3 cm³/mol. The lowest BCUT2D eigenvalue weighted by Gasteiger charge is -2.31. The van der Waals surface area contributed by atoms with Crippen LogP contribution in [0.15, 0.2) is 30.3 Å². The normalized spacial score (nSPS) is 20.7. The van der Waals surface area contributed by atoms with Crippen LogP contribution in [0.2, 0.25) is 0 Å². The molecule has 1 aromatic carbocycles. The number of benzene rings is 1. The molecular formula is C12H15NO3. The van der Waals surface area contributed by atoms with Gasteiger partial charge in [0.25, 0.3) is 0 Å². The Kier molecular flexibility index (Phi) is 3.41. The summed E-state index contributed by atoms with van der Waals surface area (Å²) < 4.78 is 5.09. The lowest BCUT2D eigenvalue weighted by molar-refractivity contribution is 0.104. The highest BCUT2D eigenvalue weighted by atomic mass is 16.6. The minimum absolute atomic E-state index is 0.130. The molecule has 1 fully saturated rings. The highest BCUT2D eigenvalue weighted by Crippen LogP contribution is 2.21. The third kappa shape index (κ3) is 2.33. The second kappa shape index (κ2) is 4.99. The number of para-hydroxylation sites is 1. The number of nitrogens with zero attached hydrogens (tertiary/aromatic N) is 1. The average Bonchev–Trinajstić information content (AvgIpc) is 2.33. The van der Waals surface area contributed by atoms with E-state index in [-0.39, 0.29) is 18.6 Å². The van der Waals surface area contributed by atoms with E-state index in [4.69, 9.17) is 9.84 Å². The quantitative estimate of drug-likeness (QED) is 0.844. The first kappa shape index (κ1) is 11.0. The van der Waals surface area contributed by atoms with Gasteiger partial charge in [0.15, 0.2) is 0 Å². The summed E-state index contributed by atoms with van der Waals surface area (Å²) in [6, 6.07) is 9.44. The molecule has 0 bridgehead atoms. The monoisotopic (exact) mass is 221 g/mol. The Bertz CT molecular complexity index is 353. The number of anilines is 1. The molecule has 0 aromatic heterocycles. The Morgan fingerprint density at radius 3 is 2.81 bits per heavy atom. The van der Waals surface area contributed by atoms with Crippen molar-refractivity contribution >= 4 is 11.8 Å². The van der Waals surface area contributed by atoms with Crippen molar-refractivity contribution in [2.45, 2.75) is 6.42 Å². The van der Waals surface area contributed by atoms with Crippen molar-refractivity contribution in [3.05, 3.63) is 30.3 Å². The van der Waals surface area contributed by atoms with E-state index < -0.39 is 0 Å². The number of rotatable bonds is 3. The van der Waals surface area contributed by atoms with Crippen LogP contribution in [-0.2, 0) is 4.74 Å². The van der Waals surface area contributed by atoms with Crippen molar-refractivity contribution in [1.29, 1.82) is 0 Å². The van der Waals surface area contributed by atoms with Gasteiger partial charge in [-0.2, -0.15) is 0 Å². The number of aliphatic hydroxyl groups is 1. The third-order valence-electron chi connectivity index (χ3n) is 2.71. The molecular weight excluding hydrogens is 206 g/mol. The number of carbonyl (C=O) groups excluding carboxylic acids is 1. The van der Waals surface area contributed by atoms with E-state index in [0.29, 0.717) is 19.6 Å². The fraction of sp³-hybridized carbons (Fsp3) is 0.417. The largest absolute Gasteiger partial charge is 0.449 e. The van der Waals surface area contributed by atoms with E-state index in [1.807, 2.05) is 30.3 Å². The van der Waals surface area contributed by atoms with Crippen LogP contribution >= 0.6 is 0 Å². The van der Waals surface area contributed by atoms with Crippen molar-refractivity contribution in [2.24, 2.45) is 5.92 Å². The Labute approximate surface area is 94.4 Å². The van der Waals surface area contributed by atoms with Crippen molar-refractivity contribution in [3.63, 3.8) is 0 Å². The van der Waals surface area contributed by atoms with E-state index in [1.54, 1.807) is 4.90 Å². The first-order chi connectivity index (χ1) is 7.81. The van der Waals surface area contributed by atoms with Gasteiger partial charge >= 0.3 is 6.09 Å². The maximum atomic E-state index is 11.6. The highest BCUT2D eigenvalue weighted by molar-refractivity contribution is 5.88. The van der Waals surface area contributed by atoms with Crippen molar-refractivity contribution < 1.29 is 14.6 Å². The second-order valence-electron chi connectivity index (χ2n) is 3.90. The SMILES string of the molecule is O=C1OCC(CCO)CN1c1ccccc1. The van der Waals surface area contributed by atoms with E-state index in [1.165, 1.54) is 0 Å². The minimum atomic E-state index is -0.305. The molecule has 0 radical (unpaired) electrons. The van der Waals surface area contributed by atoms with Crippen molar-refractivity contribution in [1.82, 2.24) is 0 Å². The number of hydrogen-bond acceptors (Lipinski definition) is 3. The second-order valence-corrected chi connectivity index (χ2v) is 3.90. The van der Waals surface area contributed by atoms with Gasteiger partial charge in [-0.25, -0.2) is 4.79 Å². The first-order valence-corrected chi connectivity index (χ1v) is 5.41. The molecule has 1 aliphatic rings. The molecule has 2 rings (SSSR count). The molecule has 0 aliphatic carbocycles. The molecule has 4 nitrogen and oxygen atoms in total. The summed E-state index contributed by atoms with van der Waals surface area (Å²) in [5.74, 6) is 0.211. The number of aliphatic hydroxyl groups excluding tert-OH is 1. The third-order valence-corrected chi connectivity index (χ3v) is 2.71. The van der Waals surface area contributed by atoms with Crippen molar-refractivity contribution in [2.75, 3.05) is 24.7 Å². The summed E-state index contributed by atoms with van der Waals surface area (Å²) in [7, 11) is 0. The summed E-state index contributed by atoms with van der Waals surface area (Å²) in [5.41, 5.74) is 0.843. The number of hydrogen-bond donors (Lipinski definition) is 1. The van der Waals surface area contributed by atoms with Crippen LogP contribution in [0.25, 0.3) is 0 Å². The zero-order chi connectivity index (χ0) is 11.4. The summed E-state index contributed by atoms with van der Waals surface area (Å²) in [4.78, 5) is 13.2. The maximum Gasteiger partial charge on any atom is 0.414 e. The van der Waals surface area contributed by atoms with Gasteiger partial charge in [-0.3, -0.25) is 4.90 Å². The molecule has 1 saturated heterocycles. The van der Waals surface area contributed by atoms with E-state index >= 15 is 0 Å². The molecule has 86 valence electrons. The lowest BCUT2D eigenvalue weighted by atomic mass is 10.1. The van der Waals surface area contributed by atoms with Crippen LogP contribution in [0, 0.1) is 5.92 Å². The van der Waals surface area contributed by atoms with Crippen LogP contribution < -0.4 is 4.90 Å². The van der Waals surface area contributed by atoms with Gasteiger partial charge in [0.2, 0.25) is 0 Å². The highest BCUT2D eigenvalue weighted by Gasteiger charge is 2.27. The number of carbonyl (C=O) groups is 1. The Balaban J connectivity index is 2.10. The molecule has 1 aliphatic heterocycles. The van der Waals surface area contributed by atoms with Crippen LogP contribution in [0.4, 0.5) is 10.5 Å². The van der Waals surface area contributed by atoms with Gasteiger partial charge in [-0.1, -0.05) is 18.2 Å². The first-order valence-electron chi connectivity index (χ1n) is 5.41. The van der Waals surface area contributed by atoms with Crippen LogP contribution in [0.1, 0.15) is 6.42 Å². The fourth-order valence-corrected chi connectivity index (χ4v) is 1.83. The molecule has 1 heterocycles. The minimum Gasteiger partial charge on any atom is -0.449 e. The van der Waals surface area contributed by atoms with Gasteiger partial charge in [-0.05, 0) is 18.6 Å². The Morgan fingerprint density at radius 1 is 1.38 bits per heavy atom. The summed E-state index contributed by atoms with van der Waals surface area (Å²) in [6.45, 7) is 1.15. The molecule has 0 saturated carbocycles. The molecule has 1 N–H and O–H groups in total. The predicted octanol–water partition coefficient (Wildman–Crippen LogP) is 1.64. The van der Waals surface area contributed by atoms with Crippen molar-refractivity contribution in [3.8, 4) is 0 Å². The van der Waals surface area contributed by atoms with Gasteiger partial charge in [0.1, 0.15) is 0 Å². The Hall–Kier alpha value is -1.55. The molecule has 1 unspecified atom stereocenters. The molecule has 1 aromatic rings. The van der Waals surface area contributed by atoms with Gasteiger partial charge < -0.3 is 9.84 Å². The molecule has 4 heteroatoms. The van der Waals surface area contributed by atoms with Crippen LogP contribution in [0.5, 0.6) is 0 Å². The van der Waals surface area contributed by atoms with Gasteiger partial charge in [0, 0.05) is 24.8 Å². The van der Waals surface area contributed by atoms with Crippen LogP contribution in [0.3, 0.4) is 0 Å². The zero-order valence-corrected chi connectivity index (χ0v) is 9.00.